The molecular formula is C32H36N4O9S. The van der Waals surface area contributed by atoms with E-state index in [0.29, 0.717) is 22.7 Å². The number of hydrogen-bond acceptors (Lipinski definition) is 10. The van der Waals surface area contributed by atoms with Crippen molar-refractivity contribution < 1.29 is 41.8 Å². The van der Waals surface area contributed by atoms with Gasteiger partial charge in [0.2, 0.25) is 17.7 Å². The van der Waals surface area contributed by atoms with Crippen molar-refractivity contribution >= 4 is 44.9 Å². The van der Waals surface area contributed by atoms with E-state index in [4.69, 9.17) is 19.9 Å². The Morgan fingerprint density at radius 1 is 0.935 bits per heavy atom. The third kappa shape index (κ3) is 7.23. The standard InChI is InChI=1S/C32H36N4O9S/c1-18(37)34-22-10-12-27(46(5,41)42)24(17-22)29-23(32(40)45-4)13-14-36(29)31(39)28(19-9-11-25(43-2)26(16-19)44-3)35-21-8-6-7-20(15-21)30(33)38/h6-12,15-17,23,28-29,35H,13-14H2,1-5H3,(H2,33,38)(H,34,37)/t23-,28+,29+/m0/s1. The minimum atomic E-state index is -3.86. The number of sulfone groups is 1. The van der Waals surface area contributed by atoms with Crippen LogP contribution in [0.1, 0.15) is 46.9 Å². The summed E-state index contributed by atoms with van der Waals surface area (Å²) >= 11 is 0. The lowest BCUT2D eigenvalue weighted by atomic mass is 9.92. The maximum atomic E-state index is 14.7. The summed E-state index contributed by atoms with van der Waals surface area (Å²) in [6.07, 6.45) is 1.20. The lowest BCUT2D eigenvalue weighted by molar-refractivity contribution is -0.147. The molecule has 1 saturated heterocycles. The molecule has 0 aliphatic carbocycles. The highest BCUT2D eigenvalue weighted by molar-refractivity contribution is 7.90. The summed E-state index contributed by atoms with van der Waals surface area (Å²) < 4.78 is 41.9. The van der Waals surface area contributed by atoms with Crippen LogP contribution in [0.25, 0.3) is 0 Å². The van der Waals surface area contributed by atoms with Crippen molar-refractivity contribution in [1.29, 1.82) is 0 Å². The van der Waals surface area contributed by atoms with Crippen molar-refractivity contribution in [3.8, 4) is 11.5 Å². The van der Waals surface area contributed by atoms with Gasteiger partial charge in [-0.2, -0.15) is 0 Å². The summed E-state index contributed by atoms with van der Waals surface area (Å²) in [5.41, 5.74) is 6.98. The average molecular weight is 653 g/mol. The first-order chi connectivity index (χ1) is 21.8. The van der Waals surface area contributed by atoms with Crippen LogP contribution < -0.4 is 25.8 Å². The van der Waals surface area contributed by atoms with Crippen LogP contribution in [0.3, 0.4) is 0 Å². The predicted octanol–water partition coefficient (Wildman–Crippen LogP) is 3.08. The van der Waals surface area contributed by atoms with Crippen molar-refractivity contribution in [3.05, 3.63) is 77.4 Å². The van der Waals surface area contributed by atoms with E-state index in [0.717, 1.165) is 6.26 Å². The highest BCUT2D eigenvalue weighted by atomic mass is 32.2. The van der Waals surface area contributed by atoms with Crippen molar-refractivity contribution in [3.63, 3.8) is 0 Å². The molecule has 13 nitrogen and oxygen atoms in total. The normalized spacial score (nSPS) is 16.7. The monoisotopic (exact) mass is 652 g/mol. The number of benzene rings is 3. The van der Waals surface area contributed by atoms with Crippen LogP contribution in [0, 0.1) is 5.92 Å². The second-order valence-corrected chi connectivity index (χ2v) is 12.7. The quantitative estimate of drug-likeness (QED) is 0.260. The molecule has 1 fully saturated rings. The van der Waals surface area contributed by atoms with E-state index in [1.165, 1.54) is 63.5 Å². The highest BCUT2D eigenvalue weighted by Gasteiger charge is 2.46. The number of nitrogens with zero attached hydrogens (tertiary/aromatic N) is 1. The molecule has 1 aliphatic heterocycles. The van der Waals surface area contributed by atoms with Crippen LogP contribution in [-0.4, -0.2) is 71.1 Å². The summed E-state index contributed by atoms with van der Waals surface area (Å²) in [6.45, 7) is 1.38. The number of rotatable bonds is 11. The third-order valence-electron chi connectivity index (χ3n) is 7.68. The maximum absolute atomic E-state index is 14.7. The predicted molar refractivity (Wildman–Crippen MR) is 169 cm³/mol. The fraction of sp³-hybridized carbons (Fsp3) is 0.312. The third-order valence-corrected chi connectivity index (χ3v) is 8.85. The average Bonchev–Trinajstić information content (AvgIpc) is 3.47. The molecule has 1 aliphatic rings. The Bertz CT molecular complexity index is 1780. The molecule has 0 saturated carbocycles. The molecule has 1 heterocycles. The van der Waals surface area contributed by atoms with Crippen molar-refractivity contribution in [1.82, 2.24) is 4.90 Å². The molecule has 4 N–H and O–H groups in total. The van der Waals surface area contributed by atoms with Crippen LogP contribution >= 0.6 is 0 Å². The lowest BCUT2D eigenvalue weighted by Gasteiger charge is -2.33. The molecule has 0 bridgehead atoms. The van der Waals surface area contributed by atoms with Crippen molar-refractivity contribution in [2.45, 2.75) is 30.3 Å². The van der Waals surface area contributed by atoms with Crippen molar-refractivity contribution in [2.24, 2.45) is 11.7 Å². The number of hydrogen-bond donors (Lipinski definition) is 3. The second kappa shape index (κ2) is 13.9. The summed E-state index contributed by atoms with van der Waals surface area (Å²) in [5, 5.41) is 5.82. The molecule has 0 spiro atoms. The SMILES string of the molecule is COC(=O)[C@H]1CCN(C(=O)[C@H](Nc2cccc(C(N)=O)c2)c2ccc(OC)c(OC)c2)[C@H]1c1cc(NC(C)=O)ccc1S(C)(=O)=O. The number of carbonyl (C=O) groups excluding carboxylic acids is 4. The summed E-state index contributed by atoms with van der Waals surface area (Å²) in [5.74, 6) is -2.36. The fourth-order valence-corrected chi connectivity index (χ4v) is 6.56. The van der Waals surface area contributed by atoms with Gasteiger partial charge in [-0.25, -0.2) is 8.42 Å². The Hall–Kier alpha value is -5.11. The minimum absolute atomic E-state index is 0.0730. The molecule has 3 aromatic carbocycles. The van der Waals surface area contributed by atoms with Gasteiger partial charge in [0.15, 0.2) is 21.3 Å². The van der Waals surface area contributed by atoms with Gasteiger partial charge in [0.05, 0.1) is 38.2 Å². The van der Waals surface area contributed by atoms with Crippen LogP contribution in [0.4, 0.5) is 11.4 Å². The van der Waals surface area contributed by atoms with Gasteiger partial charge in [-0.3, -0.25) is 19.2 Å². The van der Waals surface area contributed by atoms with Crippen LogP contribution in [0.5, 0.6) is 11.5 Å². The summed E-state index contributed by atoms with van der Waals surface area (Å²) in [7, 11) is 0.282. The van der Waals surface area contributed by atoms with Gasteiger partial charge in [0.25, 0.3) is 0 Å². The number of amides is 3. The number of methoxy groups -OCH3 is 3. The Kier molecular flexibility index (Phi) is 10.2. The number of carbonyl (C=O) groups is 4. The number of likely N-dealkylation sites (tertiary alicyclic amines) is 1. The van der Waals surface area contributed by atoms with Gasteiger partial charge in [-0.15, -0.1) is 0 Å². The van der Waals surface area contributed by atoms with Crippen molar-refractivity contribution in [2.75, 3.05) is 44.8 Å². The molecule has 3 atom stereocenters. The molecule has 0 unspecified atom stereocenters. The molecule has 46 heavy (non-hydrogen) atoms. The fourth-order valence-electron chi connectivity index (χ4n) is 5.64. The molecule has 3 amide bonds. The Morgan fingerprint density at radius 3 is 2.26 bits per heavy atom. The Balaban J connectivity index is 1.90. The largest absolute Gasteiger partial charge is 0.493 e. The smallest absolute Gasteiger partial charge is 0.311 e. The molecule has 0 aromatic heterocycles. The molecule has 244 valence electrons. The zero-order chi connectivity index (χ0) is 33.8. The molecule has 3 aromatic rings. The van der Waals surface area contributed by atoms with Crippen LogP contribution in [0.15, 0.2) is 65.6 Å². The number of ether oxygens (including phenoxy) is 3. The Labute approximate surface area is 266 Å². The number of anilines is 2. The van der Waals surface area contributed by atoms with Gasteiger partial charge in [-0.1, -0.05) is 12.1 Å². The van der Waals surface area contributed by atoms with E-state index < -0.39 is 51.5 Å². The molecular weight excluding hydrogens is 616 g/mol. The Morgan fingerprint density at radius 2 is 1.65 bits per heavy atom. The first-order valence-electron chi connectivity index (χ1n) is 14.2. The van der Waals surface area contributed by atoms with E-state index in [-0.39, 0.29) is 34.7 Å². The van der Waals surface area contributed by atoms with Gasteiger partial charge in [0, 0.05) is 36.7 Å². The summed E-state index contributed by atoms with van der Waals surface area (Å²) in [4.78, 5) is 52.9. The lowest BCUT2D eigenvalue weighted by Crippen LogP contribution is -2.40. The van der Waals surface area contributed by atoms with Gasteiger partial charge in [-0.05, 0) is 66.1 Å². The zero-order valence-corrected chi connectivity index (χ0v) is 26.8. The molecule has 4 rings (SSSR count). The number of nitrogens with one attached hydrogen (secondary N) is 2. The van der Waals surface area contributed by atoms with E-state index in [1.807, 2.05) is 0 Å². The van der Waals surface area contributed by atoms with E-state index in [2.05, 4.69) is 10.6 Å². The van der Waals surface area contributed by atoms with E-state index in [9.17, 15) is 27.6 Å². The number of esters is 1. The van der Waals surface area contributed by atoms with E-state index >= 15 is 0 Å². The number of nitrogens with two attached hydrogens (primary N) is 1. The number of primary amides is 1. The zero-order valence-electron chi connectivity index (χ0n) is 26.0. The minimum Gasteiger partial charge on any atom is -0.493 e. The highest BCUT2D eigenvalue weighted by Crippen LogP contribution is 2.44. The van der Waals surface area contributed by atoms with Gasteiger partial charge >= 0.3 is 5.97 Å². The second-order valence-electron chi connectivity index (χ2n) is 10.7. The maximum Gasteiger partial charge on any atom is 0.311 e. The summed E-state index contributed by atoms with van der Waals surface area (Å²) in [6, 6.07) is 13.2. The molecule has 14 heteroatoms. The molecule has 0 radical (unpaired) electrons. The van der Waals surface area contributed by atoms with Gasteiger partial charge in [0.1, 0.15) is 6.04 Å². The van der Waals surface area contributed by atoms with Gasteiger partial charge < -0.3 is 35.5 Å². The first-order valence-corrected chi connectivity index (χ1v) is 16.1. The van der Waals surface area contributed by atoms with E-state index in [1.54, 1.807) is 30.3 Å². The van der Waals surface area contributed by atoms with Crippen LogP contribution in [0.2, 0.25) is 0 Å². The first kappa shape index (κ1) is 33.8. The topological polar surface area (TPSA) is 183 Å². The van der Waals surface area contributed by atoms with Crippen LogP contribution in [-0.2, 0) is 29.0 Å².